The Labute approximate surface area is 160 Å². The van der Waals surface area contributed by atoms with Crippen LogP contribution in [0.15, 0.2) is 24.3 Å². The molecule has 0 fully saturated rings. The highest BCUT2D eigenvalue weighted by Gasteiger charge is 2.38. The summed E-state index contributed by atoms with van der Waals surface area (Å²) in [5, 5.41) is 9.16. The zero-order valence-electron chi connectivity index (χ0n) is 16.6. The maximum absolute atomic E-state index is 11.2. The van der Waals surface area contributed by atoms with Crippen molar-refractivity contribution in [3.8, 4) is 0 Å². The minimum absolute atomic E-state index is 0.144. The number of hydrogen-bond donors (Lipinski definition) is 1. The fourth-order valence-corrected chi connectivity index (χ4v) is 4.93. The third kappa shape index (κ3) is 3.37. The summed E-state index contributed by atoms with van der Waals surface area (Å²) in [5.74, 6) is -0.858. The molecule has 0 unspecified atom stereocenters. The van der Waals surface area contributed by atoms with Gasteiger partial charge in [-0.25, -0.2) is 4.79 Å². The highest BCUT2D eigenvalue weighted by molar-refractivity contribution is 7.14. The smallest absolute Gasteiger partial charge is 0.345 e. The molecule has 0 atom stereocenters. The molecule has 1 aliphatic carbocycles. The van der Waals surface area contributed by atoms with Crippen LogP contribution in [-0.2, 0) is 10.8 Å². The minimum Gasteiger partial charge on any atom is -0.477 e. The van der Waals surface area contributed by atoms with E-state index in [9.17, 15) is 4.79 Å². The van der Waals surface area contributed by atoms with Gasteiger partial charge in [0.15, 0.2) is 0 Å². The number of allylic oxidation sites excluding steroid dienone is 1. The van der Waals surface area contributed by atoms with Gasteiger partial charge in [-0.05, 0) is 78.0 Å². The van der Waals surface area contributed by atoms with Gasteiger partial charge in [0.05, 0.1) is 0 Å². The Bertz CT molecular complexity index is 897. The van der Waals surface area contributed by atoms with Gasteiger partial charge >= 0.3 is 5.97 Å². The fraction of sp³-hybridized carbons (Fsp3) is 0.435. The SMILES string of the molecule is C/C(=C\c1ccc(C(=O)O)s1)c1cc(C)cc2c1C(C)(C)CCC2(C)C. The molecule has 0 spiro atoms. The van der Waals surface area contributed by atoms with Crippen LogP contribution in [0, 0.1) is 6.92 Å². The largest absolute Gasteiger partial charge is 0.477 e. The molecule has 2 aromatic rings. The van der Waals surface area contributed by atoms with Crippen LogP contribution in [0.3, 0.4) is 0 Å². The lowest BCUT2D eigenvalue weighted by atomic mass is 9.61. The predicted molar refractivity (Wildman–Crippen MR) is 111 cm³/mol. The second-order valence-corrected chi connectivity index (χ2v) is 9.95. The Kier molecular flexibility index (Phi) is 4.64. The number of carboxylic acid groups (broad SMARTS) is 1. The molecule has 0 saturated heterocycles. The van der Waals surface area contributed by atoms with E-state index < -0.39 is 5.97 Å². The van der Waals surface area contributed by atoms with Crippen LogP contribution < -0.4 is 0 Å². The average Bonchev–Trinajstić information content (AvgIpc) is 3.00. The van der Waals surface area contributed by atoms with Crippen LogP contribution in [0.5, 0.6) is 0 Å². The summed E-state index contributed by atoms with van der Waals surface area (Å²) in [6, 6.07) is 8.24. The van der Waals surface area contributed by atoms with Crippen LogP contribution in [0.25, 0.3) is 11.6 Å². The van der Waals surface area contributed by atoms with E-state index in [-0.39, 0.29) is 10.8 Å². The number of thiophene rings is 1. The summed E-state index contributed by atoms with van der Waals surface area (Å²) < 4.78 is 0. The molecule has 3 rings (SSSR count). The number of aryl methyl sites for hydroxylation is 1. The lowest BCUT2D eigenvalue weighted by Crippen LogP contribution is -2.35. The summed E-state index contributed by atoms with van der Waals surface area (Å²) in [6.45, 7) is 13.7. The van der Waals surface area contributed by atoms with Gasteiger partial charge in [0.25, 0.3) is 0 Å². The summed E-state index contributed by atoms with van der Waals surface area (Å²) >= 11 is 1.33. The molecule has 0 aliphatic heterocycles. The molecule has 26 heavy (non-hydrogen) atoms. The molecule has 0 amide bonds. The first-order valence-corrected chi connectivity index (χ1v) is 10.0. The zero-order chi connectivity index (χ0) is 19.3. The number of aromatic carboxylic acids is 1. The number of fused-ring (bicyclic) bond motifs is 1. The van der Waals surface area contributed by atoms with E-state index in [1.165, 1.54) is 52.0 Å². The number of carboxylic acids is 1. The lowest BCUT2D eigenvalue weighted by Gasteiger charge is -2.43. The summed E-state index contributed by atoms with van der Waals surface area (Å²) in [5.41, 5.74) is 7.06. The molecule has 1 aromatic heterocycles. The Morgan fingerprint density at radius 1 is 1.12 bits per heavy atom. The van der Waals surface area contributed by atoms with E-state index >= 15 is 0 Å². The van der Waals surface area contributed by atoms with Crippen molar-refractivity contribution in [1.29, 1.82) is 0 Å². The maximum Gasteiger partial charge on any atom is 0.345 e. The van der Waals surface area contributed by atoms with Crippen LogP contribution in [0.2, 0.25) is 0 Å². The molecule has 0 saturated carbocycles. The van der Waals surface area contributed by atoms with Gasteiger partial charge in [-0.1, -0.05) is 45.4 Å². The third-order valence-corrected chi connectivity index (χ3v) is 6.71. The van der Waals surface area contributed by atoms with Crippen LogP contribution >= 0.6 is 11.3 Å². The first-order chi connectivity index (χ1) is 12.0. The van der Waals surface area contributed by atoms with Crippen molar-refractivity contribution in [2.75, 3.05) is 0 Å². The Balaban J connectivity index is 2.17. The van der Waals surface area contributed by atoms with E-state index in [4.69, 9.17) is 5.11 Å². The monoisotopic (exact) mass is 368 g/mol. The molecule has 1 heterocycles. The minimum atomic E-state index is -0.858. The Morgan fingerprint density at radius 3 is 2.38 bits per heavy atom. The highest BCUT2D eigenvalue weighted by atomic mass is 32.1. The van der Waals surface area contributed by atoms with Crippen LogP contribution in [-0.4, -0.2) is 11.1 Å². The molecule has 1 aromatic carbocycles. The first kappa shape index (κ1) is 18.9. The van der Waals surface area contributed by atoms with Crippen molar-refractivity contribution >= 4 is 29.0 Å². The van der Waals surface area contributed by atoms with E-state index in [1.807, 2.05) is 6.07 Å². The highest BCUT2D eigenvalue weighted by Crippen LogP contribution is 2.48. The lowest BCUT2D eigenvalue weighted by molar-refractivity contribution is 0.0702. The fourth-order valence-electron chi connectivity index (χ4n) is 4.08. The molecule has 0 bridgehead atoms. The van der Waals surface area contributed by atoms with Crippen molar-refractivity contribution < 1.29 is 9.90 Å². The second kappa shape index (κ2) is 6.38. The van der Waals surface area contributed by atoms with Gasteiger partial charge in [-0.3, -0.25) is 0 Å². The predicted octanol–water partition coefficient (Wildman–Crippen LogP) is 6.66. The Morgan fingerprint density at radius 2 is 1.77 bits per heavy atom. The average molecular weight is 369 g/mol. The van der Waals surface area contributed by atoms with E-state index in [2.05, 4.69) is 59.8 Å². The van der Waals surface area contributed by atoms with Crippen molar-refractivity contribution in [3.63, 3.8) is 0 Å². The molecule has 2 nitrogen and oxygen atoms in total. The number of benzene rings is 1. The van der Waals surface area contributed by atoms with Crippen molar-refractivity contribution in [2.45, 2.75) is 65.2 Å². The van der Waals surface area contributed by atoms with Gasteiger partial charge in [0, 0.05) is 4.88 Å². The molecule has 3 heteroatoms. The van der Waals surface area contributed by atoms with E-state index in [0.717, 1.165) is 4.88 Å². The normalized spacial score (nSPS) is 18.5. The van der Waals surface area contributed by atoms with Crippen molar-refractivity contribution in [3.05, 3.63) is 56.3 Å². The van der Waals surface area contributed by atoms with Gasteiger partial charge in [0.2, 0.25) is 0 Å². The Hall–Kier alpha value is -1.87. The van der Waals surface area contributed by atoms with Crippen LogP contribution in [0.1, 0.15) is 84.3 Å². The quantitative estimate of drug-likeness (QED) is 0.657. The topological polar surface area (TPSA) is 37.3 Å². The van der Waals surface area contributed by atoms with E-state index in [1.54, 1.807) is 6.07 Å². The van der Waals surface area contributed by atoms with Crippen LogP contribution in [0.4, 0.5) is 0 Å². The second-order valence-electron chi connectivity index (χ2n) is 8.84. The van der Waals surface area contributed by atoms with Gasteiger partial charge < -0.3 is 5.11 Å². The van der Waals surface area contributed by atoms with Gasteiger partial charge in [-0.2, -0.15) is 0 Å². The molecular weight excluding hydrogens is 340 g/mol. The third-order valence-electron chi connectivity index (χ3n) is 5.68. The molecule has 138 valence electrons. The standard InChI is InChI=1S/C23H28O2S/c1-14-11-17(15(2)13-16-7-8-19(26-16)21(24)25)20-18(12-14)22(3,4)9-10-23(20,5)6/h7-8,11-13H,9-10H2,1-6H3,(H,24,25)/b15-13+. The number of carbonyl (C=O) groups is 1. The van der Waals surface area contributed by atoms with E-state index in [0.29, 0.717) is 4.88 Å². The molecule has 0 radical (unpaired) electrons. The first-order valence-electron chi connectivity index (χ1n) is 9.19. The van der Waals surface area contributed by atoms with Crippen molar-refractivity contribution in [1.82, 2.24) is 0 Å². The number of hydrogen-bond acceptors (Lipinski definition) is 2. The molecule has 1 N–H and O–H groups in total. The zero-order valence-corrected chi connectivity index (χ0v) is 17.4. The summed E-state index contributed by atoms with van der Waals surface area (Å²) in [4.78, 5) is 12.5. The van der Waals surface area contributed by atoms with Crippen molar-refractivity contribution in [2.24, 2.45) is 0 Å². The summed E-state index contributed by atoms with van der Waals surface area (Å²) in [7, 11) is 0. The molecule has 1 aliphatic rings. The maximum atomic E-state index is 11.2. The summed E-state index contributed by atoms with van der Waals surface area (Å²) in [6.07, 6.45) is 4.51. The van der Waals surface area contributed by atoms with Gasteiger partial charge in [-0.15, -0.1) is 11.3 Å². The number of rotatable bonds is 3. The molecular formula is C23H28O2S. The van der Waals surface area contributed by atoms with Gasteiger partial charge in [0.1, 0.15) is 4.88 Å².